The summed E-state index contributed by atoms with van der Waals surface area (Å²) in [6.45, 7) is 8.65. The summed E-state index contributed by atoms with van der Waals surface area (Å²) >= 11 is 0. The number of amides is 1. The number of likely N-dealkylation sites (N-methyl/N-ethyl adjacent to an activating group) is 1. The van der Waals surface area contributed by atoms with Gasteiger partial charge in [0.25, 0.3) is 5.91 Å². The maximum Gasteiger partial charge on any atom is 0.256 e. The normalized spacial score (nSPS) is 10.4. The summed E-state index contributed by atoms with van der Waals surface area (Å²) in [5.41, 5.74) is 2.31. The molecule has 2 rings (SSSR count). The molecular weight excluding hydrogens is 328 g/mol. The summed E-state index contributed by atoms with van der Waals surface area (Å²) < 4.78 is 11.4. The van der Waals surface area contributed by atoms with Crippen LogP contribution < -0.4 is 20.1 Å². The number of hydrogen-bond donors (Lipinski definition) is 2. The fourth-order valence-electron chi connectivity index (χ4n) is 2.68. The summed E-state index contributed by atoms with van der Waals surface area (Å²) in [5, 5.41) is 6.25. The Morgan fingerprint density at radius 3 is 2.23 bits per heavy atom. The molecule has 2 aromatic carbocycles. The van der Waals surface area contributed by atoms with Gasteiger partial charge in [-0.2, -0.15) is 0 Å². The Morgan fingerprint density at radius 2 is 1.62 bits per heavy atom. The average Bonchev–Trinajstić information content (AvgIpc) is 2.65. The van der Waals surface area contributed by atoms with Crippen LogP contribution in [0.3, 0.4) is 0 Å². The number of carbonyl (C=O) groups is 1. The monoisotopic (exact) mass is 356 g/mol. The van der Waals surface area contributed by atoms with Crippen molar-refractivity contribution >= 4 is 11.6 Å². The number of rotatable bonds is 10. The topological polar surface area (TPSA) is 59.6 Å². The fourth-order valence-corrected chi connectivity index (χ4v) is 2.68. The molecule has 1 amide bonds. The maximum atomic E-state index is 12.9. The van der Waals surface area contributed by atoms with Crippen LogP contribution in [0.5, 0.6) is 11.5 Å². The van der Waals surface area contributed by atoms with Crippen molar-refractivity contribution in [1.29, 1.82) is 0 Å². The van der Waals surface area contributed by atoms with E-state index in [1.807, 2.05) is 50.2 Å². The molecule has 5 heteroatoms. The zero-order valence-corrected chi connectivity index (χ0v) is 15.8. The molecule has 0 fully saturated rings. The molecule has 5 nitrogen and oxygen atoms in total. The Kier molecular flexibility index (Phi) is 7.96. The minimum atomic E-state index is -0.147. The second-order valence-electron chi connectivity index (χ2n) is 5.75. The highest BCUT2D eigenvalue weighted by Crippen LogP contribution is 2.32. The van der Waals surface area contributed by atoms with Crippen LogP contribution in [0.1, 0.15) is 36.7 Å². The molecule has 26 heavy (non-hydrogen) atoms. The van der Waals surface area contributed by atoms with E-state index >= 15 is 0 Å². The van der Waals surface area contributed by atoms with Gasteiger partial charge in [0.1, 0.15) is 0 Å². The SMILES string of the molecule is CCNCCc1cc(OCC)c(OCC)cc1C(=O)Nc1ccccc1. The highest BCUT2D eigenvalue weighted by Gasteiger charge is 2.17. The molecular formula is C21H28N2O3. The molecule has 140 valence electrons. The number of anilines is 1. The lowest BCUT2D eigenvalue weighted by Gasteiger charge is -2.17. The standard InChI is InChI=1S/C21H28N2O3/c1-4-22-13-12-16-14-19(25-5-2)20(26-6-3)15-18(16)21(24)23-17-10-8-7-9-11-17/h7-11,14-15,22H,4-6,12-13H2,1-3H3,(H,23,24). The van der Waals surface area contributed by atoms with Gasteiger partial charge in [-0.3, -0.25) is 4.79 Å². The summed E-state index contributed by atoms with van der Waals surface area (Å²) in [6.07, 6.45) is 0.734. The first-order valence-electron chi connectivity index (χ1n) is 9.19. The van der Waals surface area contributed by atoms with Crippen LogP contribution >= 0.6 is 0 Å². The first-order valence-corrected chi connectivity index (χ1v) is 9.19. The fraction of sp³-hybridized carbons (Fsp3) is 0.381. The van der Waals surface area contributed by atoms with Crippen molar-refractivity contribution in [2.24, 2.45) is 0 Å². The Morgan fingerprint density at radius 1 is 0.962 bits per heavy atom. The van der Waals surface area contributed by atoms with Crippen molar-refractivity contribution in [3.05, 3.63) is 53.6 Å². The minimum absolute atomic E-state index is 0.147. The number of para-hydroxylation sites is 1. The number of nitrogens with one attached hydrogen (secondary N) is 2. The van der Waals surface area contributed by atoms with Crippen LogP contribution in [-0.4, -0.2) is 32.2 Å². The Bertz CT molecular complexity index is 702. The molecule has 0 saturated carbocycles. The molecule has 0 aromatic heterocycles. The van der Waals surface area contributed by atoms with Gasteiger partial charge < -0.3 is 20.1 Å². The molecule has 0 atom stereocenters. The molecule has 0 unspecified atom stereocenters. The lowest BCUT2D eigenvalue weighted by atomic mass is 10.0. The summed E-state index contributed by atoms with van der Waals surface area (Å²) in [5.74, 6) is 1.13. The summed E-state index contributed by atoms with van der Waals surface area (Å²) in [7, 11) is 0. The minimum Gasteiger partial charge on any atom is -0.490 e. The molecule has 0 aliphatic heterocycles. The summed E-state index contributed by atoms with van der Waals surface area (Å²) in [4.78, 5) is 12.9. The molecule has 2 aromatic rings. The Labute approximate surface area is 155 Å². The molecule has 2 N–H and O–H groups in total. The highest BCUT2D eigenvalue weighted by atomic mass is 16.5. The van der Waals surface area contributed by atoms with Crippen molar-refractivity contribution in [2.75, 3.05) is 31.6 Å². The van der Waals surface area contributed by atoms with Gasteiger partial charge in [0.05, 0.1) is 13.2 Å². The van der Waals surface area contributed by atoms with E-state index in [0.717, 1.165) is 30.8 Å². The predicted molar refractivity (Wildman–Crippen MR) is 105 cm³/mol. The lowest BCUT2D eigenvalue weighted by Crippen LogP contribution is -2.20. The van der Waals surface area contributed by atoms with Crippen molar-refractivity contribution in [3.8, 4) is 11.5 Å². The van der Waals surface area contributed by atoms with E-state index in [2.05, 4.69) is 17.6 Å². The second kappa shape index (κ2) is 10.5. The molecule has 0 heterocycles. The first kappa shape index (κ1) is 19.8. The van der Waals surface area contributed by atoms with E-state index in [9.17, 15) is 4.79 Å². The third kappa shape index (κ3) is 5.49. The average molecular weight is 356 g/mol. The van der Waals surface area contributed by atoms with Crippen LogP contribution in [0.2, 0.25) is 0 Å². The highest BCUT2D eigenvalue weighted by molar-refractivity contribution is 6.05. The van der Waals surface area contributed by atoms with Crippen LogP contribution in [0, 0.1) is 0 Å². The van der Waals surface area contributed by atoms with E-state index in [-0.39, 0.29) is 5.91 Å². The lowest BCUT2D eigenvalue weighted by molar-refractivity contribution is 0.102. The van der Waals surface area contributed by atoms with E-state index in [0.29, 0.717) is 30.3 Å². The van der Waals surface area contributed by atoms with Crippen molar-refractivity contribution < 1.29 is 14.3 Å². The van der Waals surface area contributed by atoms with Crippen LogP contribution in [0.4, 0.5) is 5.69 Å². The molecule has 0 radical (unpaired) electrons. The van der Waals surface area contributed by atoms with Gasteiger partial charge in [-0.05, 0) is 63.2 Å². The van der Waals surface area contributed by atoms with Crippen molar-refractivity contribution in [1.82, 2.24) is 5.32 Å². The Hall–Kier alpha value is -2.53. The number of hydrogen-bond acceptors (Lipinski definition) is 4. The smallest absolute Gasteiger partial charge is 0.256 e. The zero-order chi connectivity index (χ0) is 18.8. The van der Waals surface area contributed by atoms with Gasteiger partial charge >= 0.3 is 0 Å². The number of carbonyl (C=O) groups excluding carboxylic acids is 1. The Balaban J connectivity index is 2.35. The summed E-state index contributed by atoms with van der Waals surface area (Å²) in [6, 6.07) is 13.2. The molecule has 0 bridgehead atoms. The molecule has 0 aliphatic rings. The molecule has 0 spiro atoms. The van der Waals surface area contributed by atoms with Gasteiger partial charge in [-0.1, -0.05) is 25.1 Å². The van der Waals surface area contributed by atoms with Gasteiger partial charge in [0.15, 0.2) is 11.5 Å². The quantitative estimate of drug-likeness (QED) is 0.634. The third-order valence-corrected chi connectivity index (χ3v) is 3.87. The number of ether oxygens (including phenoxy) is 2. The van der Waals surface area contributed by atoms with E-state index in [1.54, 1.807) is 6.07 Å². The van der Waals surface area contributed by atoms with Crippen LogP contribution in [-0.2, 0) is 6.42 Å². The van der Waals surface area contributed by atoms with Gasteiger partial charge in [0.2, 0.25) is 0 Å². The van der Waals surface area contributed by atoms with Crippen molar-refractivity contribution in [2.45, 2.75) is 27.2 Å². The predicted octanol–water partition coefficient (Wildman–Crippen LogP) is 3.89. The molecule has 0 saturated heterocycles. The number of benzene rings is 2. The largest absolute Gasteiger partial charge is 0.490 e. The van der Waals surface area contributed by atoms with Gasteiger partial charge in [-0.15, -0.1) is 0 Å². The maximum absolute atomic E-state index is 12.9. The van der Waals surface area contributed by atoms with E-state index in [4.69, 9.17) is 9.47 Å². The zero-order valence-electron chi connectivity index (χ0n) is 15.8. The van der Waals surface area contributed by atoms with Crippen molar-refractivity contribution in [3.63, 3.8) is 0 Å². The second-order valence-corrected chi connectivity index (χ2v) is 5.75. The first-order chi connectivity index (χ1) is 12.7. The van der Waals surface area contributed by atoms with Crippen LogP contribution in [0.25, 0.3) is 0 Å². The van der Waals surface area contributed by atoms with E-state index in [1.165, 1.54) is 0 Å². The van der Waals surface area contributed by atoms with Gasteiger partial charge in [0, 0.05) is 11.3 Å². The van der Waals surface area contributed by atoms with E-state index < -0.39 is 0 Å². The molecule has 0 aliphatic carbocycles. The van der Waals surface area contributed by atoms with Crippen LogP contribution in [0.15, 0.2) is 42.5 Å². The van der Waals surface area contributed by atoms with Gasteiger partial charge in [-0.25, -0.2) is 0 Å². The third-order valence-electron chi connectivity index (χ3n) is 3.87.